The number of nitrogens with one attached hydrogen (secondary N) is 1. The first-order valence-electron chi connectivity index (χ1n) is 9.44. The fraction of sp³-hybridized carbons (Fsp3) is 0.304. The minimum atomic E-state index is 0.996. The predicted octanol–water partition coefficient (Wildman–Crippen LogP) is 6.39. The molecule has 2 aromatic carbocycles. The van der Waals surface area contributed by atoms with Crippen LogP contribution in [0, 0.1) is 0 Å². The van der Waals surface area contributed by atoms with Crippen molar-refractivity contribution >= 4 is 42.7 Å². The van der Waals surface area contributed by atoms with E-state index in [2.05, 4.69) is 53.9 Å². The Morgan fingerprint density at radius 1 is 0.760 bits per heavy atom. The highest BCUT2D eigenvalue weighted by Gasteiger charge is 2.12. The third kappa shape index (κ3) is 2.84. The smallest absolute Gasteiger partial charge is 0.0355 e. The van der Waals surface area contributed by atoms with Crippen LogP contribution >= 0.6 is 11.3 Å². The minimum Gasteiger partial charge on any atom is -0.313 e. The molecule has 0 unspecified atom stereocenters. The van der Waals surface area contributed by atoms with E-state index in [-0.39, 0.29) is 0 Å². The molecule has 0 spiro atoms. The quantitative estimate of drug-likeness (QED) is 0.567. The average Bonchev–Trinajstić information content (AvgIpc) is 3.06. The summed E-state index contributed by atoms with van der Waals surface area (Å²) in [5.41, 5.74) is 5.87. The molecule has 3 aromatic rings. The zero-order chi connectivity index (χ0) is 16.6. The number of rotatable bonds is 2. The molecule has 5 rings (SSSR count). The Morgan fingerprint density at radius 2 is 1.48 bits per heavy atom. The summed E-state index contributed by atoms with van der Waals surface area (Å²) in [5.74, 6) is 0. The molecule has 1 aliphatic carbocycles. The lowest BCUT2D eigenvalue weighted by Crippen LogP contribution is -2.19. The van der Waals surface area contributed by atoms with Gasteiger partial charge in [-0.15, -0.1) is 11.3 Å². The molecule has 0 saturated carbocycles. The van der Waals surface area contributed by atoms with Gasteiger partial charge in [0.2, 0.25) is 0 Å². The molecular weight excluding hydrogens is 322 g/mol. The number of allylic oxidation sites excluding steroid dienone is 2. The van der Waals surface area contributed by atoms with Gasteiger partial charge in [0.1, 0.15) is 0 Å². The monoisotopic (exact) mass is 345 g/mol. The van der Waals surface area contributed by atoms with E-state index >= 15 is 0 Å². The molecular formula is C23H23NS. The van der Waals surface area contributed by atoms with Crippen LogP contribution in [0.15, 0.2) is 48.6 Å². The minimum absolute atomic E-state index is 0.996. The normalized spacial score (nSPS) is 18.4. The summed E-state index contributed by atoms with van der Waals surface area (Å²) >= 11 is 1.92. The summed E-state index contributed by atoms with van der Waals surface area (Å²) in [7, 11) is 0. The first kappa shape index (κ1) is 15.4. The van der Waals surface area contributed by atoms with E-state index < -0.39 is 0 Å². The average molecular weight is 346 g/mol. The van der Waals surface area contributed by atoms with Crippen LogP contribution in [0.2, 0.25) is 0 Å². The molecule has 2 heteroatoms. The molecule has 1 aliphatic heterocycles. The van der Waals surface area contributed by atoms with Gasteiger partial charge in [-0.3, -0.25) is 0 Å². The Balaban J connectivity index is 1.65. The van der Waals surface area contributed by atoms with Crippen molar-refractivity contribution in [2.75, 3.05) is 13.1 Å². The maximum absolute atomic E-state index is 3.41. The van der Waals surface area contributed by atoms with Crippen LogP contribution in [0.1, 0.15) is 43.2 Å². The van der Waals surface area contributed by atoms with Crippen LogP contribution in [-0.4, -0.2) is 13.1 Å². The molecule has 0 radical (unpaired) electrons. The topological polar surface area (TPSA) is 12.0 Å². The van der Waals surface area contributed by atoms with E-state index in [1.165, 1.54) is 62.6 Å². The van der Waals surface area contributed by atoms with Crippen LogP contribution in [0.5, 0.6) is 0 Å². The van der Waals surface area contributed by atoms with E-state index in [4.69, 9.17) is 0 Å². The maximum Gasteiger partial charge on any atom is 0.0355 e. The van der Waals surface area contributed by atoms with Gasteiger partial charge in [-0.25, -0.2) is 0 Å². The van der Waals surface area contributed by atoms with Gasteiger partial charge in [0.15, 0.2) is 0 Å². The Kier molecular flexibility index (Phi) is 3.95. The molecule has 1 nitrogen and oxygen atoms in total. The summed E-state index contributed by atoms with van der Waals surface area (Å²) < 4.78 is 2.81. The van der Waals surface area contributed by atoms with E-state index in [0.717, 1.165) is 19.5 Å². The number of thiophene rings is 1. The van der Waals surface area contributed by atoms with Crippen molar-refractivity contribution in [1.29, 1.82) is 0 Å². The van der Waals surface area contributed by atoms with Crippen molar-refractivity contribution in [3.05, 3.63) is 59.7 Å². The Morgan fingerprint density at radius 3 is 2.08 bits per heavy atom. The predicted molar refractivity (Wildman–Crippen MR) is 111 cm³/mol. The zero-order valence-electron chi connectivity index (χ0n) is 14.5. The fourth-order valence-electron chi connectivity index (χ4n) is 4.16. The first-order valence-corrected chi connectivity index (χ1v) is 10.3. The largest absolute Gasteiger partial charge is 0.313 e. The molecule has 0 bridgehead atoms. The summed E-state index contributed by atoms with van der Waals surface area (Å²) in [6, 6.07) is 14.1. The van der Waals surface area contributed by atoms with Crippen molar-refractivity contribution in [3.63, 3.8) is 0 Å². The van der Waals surface area contributed by atoms with Crippen LogP contribution in [-0.2, 0) is 0 Å². The number of hydrogen-bond acceptors (Lipinski definition) is 2. The molecule has 2 aliphatic rings. The number of hydrogen-bond donors (Lipinski definition) is 1. The summed E-state index contributed by atoms with van der Waals surface area (Å²) in [4.78, 5) is 0. The molecule has 25 heavy (non-hydrogen) atoms. The zero-order valence-corrected chi connectivity index (χ0v) is 15.3. The third-order valence-corrected chi connectivity index (χ3v) is 6.72. The van der Waals surface area contributed by atoms with E-state index in [1.807, 2.05) is 11.3 Å². The summed E-state index contributed by atoms with van der Waals surface area (Å²) in [5, 5.41) is 6.27. The van der Waals surface area contributed by atoms with Gasteiger partial charge in [-0.1, -0.05) is 24.3 Å². The Hall–Kier alpha value is -1.90. The van der Waals surface area contributed by atoms with Crippen molar-refractivity contribution in [2.24, 2.45) is 0 Å². The van der Waals surface area contributed by atoms with Crippen LogP contribution in [0.4, 0.5) is 0 Å². The van der Waals surface area contributed by atoms with Gasteiger partial charge in [-0.05, 0) is 85.2 Å². The second-order valence-electron chi connectivity index (χ2n) is 7.18. The lowest BCUT2D eigenvalue weighted by Gasteiger charge is -2.14. The summed E-state index contributed by atoms with van der Waals surface area (Å²) in [6.45, 7) is 2.09. The van der Waals surface area contributed by atoms with E-state index in [9.17, 15) is 0 Å². The molecule has 0 fully saturated rings. The second-order valence-corrected chi connectivity index (χ2v) is 8.27. The number of benzene rings is 2. The van der Waals surface area contributed by atoms with Crippen molar-refractivity contribution in [1.82, 2.24) is 5.32 Å². The van der Waals surface area contributed by atoms with Gasteiger partial charge in [0, 0.05) is 26.7 Å². The van der Waals surface area contributed by atoms with Gasteiger partial charge >= 0.3 is 0 Å². The van der Waals surface area contributed by atoms with E-state index in [1.54, 1.807) is 5.57 Å². The standard InChI is InChI=1S/C23H23NS/c1-2-4-16(5-3-1)18-6-8-22-20(14-18)21-15-19(7-9-23(21)25-22)17-10-12-24-13-11-17/h4,6-10,14-15,24H,1-3,5,11-13H2. The lowest BCUT2D eigenvalue weighted by molar-refractivity contribution is 0.739. The lowest BCUT2D eigenvalue weighted by atomic mass is 9.92. The Bertz CT molecular complexity index is 925. The highest BCUT2D eigenvalue weighted by Crippen LogP contribution is 2.38. The molecule has 0 amide bonds. The SMILES string of the molecule is C1=C(c2ccc3sc4ccc(C5=CCNCC5)cc4c3c2)CCCC1. The van der Waals surface area contributed by atoms with Gasteiger partial charge < -0.3 is 5.32 Å². The Labute approximate surface area is 153 Å². The number of fused-ring (bicyclic) bond motifs is 3. The second kappa shape index (κ2) is 6.44. The first-order chi connectivity index (χ1) is 12.4. The molecule has 2 heterocycles. The van der Waals surface area contributed by atoms with Crippen LogP contribution in [0.3, 0.4) is 0 Å². The van der Waals surface area contributed by atoms with Crippen molar-refractivity contribution in [3.8, 4) is 0 Å². The van der Waals surface area contributed by atoms with E-state index in [0.29, 0.717) is 0 Å². The summed E-state index contributed by atoms with van der Waals surface area (Å²) in [6.07, 6.45) is 11.1. The van der Waals surface area contributed by atoms with Crippen molar-refractivity contribution in [2.45, 2.75) is 32.1 Å². The maximum atomic E-state index is 3.41. The van der Waals surface area contributed by atoms with Gasteiger partial charge in [0.05, 0.1) is 0 Å². The molecule has 126 valence electrons. The van der Waals surface area contributed by atoms with Gasteiger partial charge in [0.25, 0.3) is 0 Å². The fourth-order valence-corrected chi connectivity index (χ4v) is 5.23. The molecule has 0 atom stereocenters. The van der Waals surface area contributed by atoms with Crippen LogP contribution < -0.4 is 5.32 Å². The van der Waals surface area contributed by atoms with Crippen molar-refractivity contribution < 1.29 is 0 Å². The highest BCUT2D eigenvalue weighted by atomic mass is 32.1. The molecule has 1 aromatic heterocycles. The molecule has 0 saturated heterocycles. The van der Waals surface area contributed by atoms with Gasteiger partial charge in [-0.2, -0.15) is 0 Å². The highest BCUT2D eigenvalue weighted by molar-refractivity contribution is 7.25. The molecule has 1 N–H and O–H groups in total. The third-order valence-electron chi connectivity index (χ3n) is 5.57. The van der Waals surface area contributed by atoms with Crippen LogP contribution in [0.25, 0.3) is 31.3 Å².